The molecular formula is C26H36O. The first-order valence-corrected chi connectivity index (χ1v) is 11.4. The molecule has 0 amide bonds. The van der Waals surface area contributed by atoms with E-state index in [1.165, 1.54) is 51.4 Å². The smallest absolute Gasteiger partial charge is 0.118 e. The number of methoxy groups -OCH3 is 1. The molecule has 7 atom stereocenters. The van der Waals surface area contributed by atoms with Crippen LogP contribution in [-0.4, -0.2) is 7.11 Å². The summed E-state index contributed by atoms with van der Waals surface area (Å²) in [6.45, 7) is 5.25. The van der Waals surface area contributed by atoms with Gasteiger partial charge in [0.15, 0.2) is 0 Å². The molecule has 0 saturated heterocycles. The van der Waals surface area contributed by atoms with Crippen LogP contribution in [0.25, 0.3) is 0 Å². The van der Waals surface area contributed by atoms with E-state index in [1.54, 1.807) is 12.7 Å². The third-order valence-corrected chi connectivity index (χ3v) is 9.64. The molecule has 4 aliphatic rings. The van der Waals surface area contributed by atoms with Gasteiger partial charge in [-0.3, -0.25) is 0 Å². The second-order valence-electron chi connectivity index (χ2n) is 10.4. The molecule has 0 aliphatic heterocycles. The van der Waals surface area contributed by atoms with Gasteiger partial charge in [0, 0.05) is 0 Å². The fourth-order valence-electron chi connectivity index (χ4n) is 8.20. The molecule has 0 unspecified atom stereocenters. The third-order valence-electron chi connectivity index (χ3n) is 9.64. The number of rotatable bonds is 2. The monoisotopic (exact) mass is 364 g/mol. The predicted octanol–water partition coefficient (Wildman–Crippen LogP) is 6.99. The number of ether oxygens (including phenoxy) is 1. The van der Waals surface area contributed by atoms with Crippen LogP contribution >= 0.6 is 0 Å². The van der Waals surface area contributed by atoms with Gasteiger partial charge in [-0.25, -0.2) is 0 Å². The predicted molar refractivity (Wildman–Crippen MR) is 112 cm³/mol. The van der Waals surface area contributed by atoms with Crippen molar-refractivity contribution in [3.63, 3.8) is 0 Å². The summed E-state index contributed by atoms with van der Waals surface area (Å²) in [5.74, 6) is 5.49. The number of hydrogen-bond acceptors (Lipinski definition) is 1. The van der Waals surface area contributed by atoms with Gasteiger partial charge in [0.05, 0.1) is 7.11 Å². The topological polar surface area (TPSA) is 9.23 Å². The lowest BCUT2D eigenvalue weighted by atomic mass is 9.46. The Hall–Kier alpha value is -1.24. The van der Waals surface area contributed by atoms with Gasteiger partial charge < -0.3 is 4.74 Å². The van der Waals surface area contributed by atoms with Gasteiger partial charge in [0.2, 0.25) is 0 Å². The summed E-state index contributed by atoms with van der Waals surface area (Å²) in [5, 5.41) is 0. The van der Waals surface area contributed by atoms with Crippen molar-refractivity contribution < 1.29 is 4.74 Å². The Bertz CT molecular complexity index is 718. The van der Waals surface area contributed by atoms with Crippen molar-refractivity contribution in [2.45, 2.75) is 71.1 Å². The molecule has 0 spiro atoms. The summed E-state index contributed by atoms with van der Waals surface area (Å²) in [6.07, 6.45) is 16.6. The van der Waals surface area contributed by atoms with Crippen molar-refractivity contribution >= 4 is 0 Å². The summed E-state index contributed by atoms with van der Waals surface area (Å²) < 4.78 is 5.39. The Labute approximate surface area is 165 Å². The SMILES string of the molecule is COc1ccc([C@H]2CC[C@H]3[C@@H]4CC[C@H]5CCC=C[C@]5(C)[C@H]4CC[C@]23C)cc1. The maximum atomic E-state index is 5.39. The van der Waals surface area contributed by atoms with Gasteiger partial charge in [-0.15, -0.1) is 0 Å². The van der Waals surface area contributed by atoms with E-state index in [0.717, 1.165) is 35.3 Å². The van der Waals surface area contributed by atoms with Crippen LogP contribution in [0.1, 0.15) is 76.7 Å². The van der Waals surface area contributed by atoms with Gasteiger partial charge in [-0.05, 0) is 109 Å². The average Bonchev–Trinajstić information content (AvgIpc) is 3.05. The normalized spacial score (nSPS) is 45.7. The lowest BCUT2D eigenvalue weighted by Gasteiger charge is -2.59. The second kappa shape index (κ2) is 6.39. The summed E-state index contributed by atoms with van der Waals surface area (Å²) in [5.41, 5.74) is 2.54. The molecule has 146 valence electrons. The number of benzene rings is 1. The lowest BCUT2D eigenvalue weighted by Crippen LogP contribution is -2.51. The van der Waals surface area contributed by atoms with Crippen molar-refractivity contribution in [1.82, 2.24) is 0 Å². The fourth-order valence-corrected chi connectivity index (χ4v) is 8.20. The Morgan fingerprint density at radius 2 is 1.70 bits per heavy atom. The number of hydrogen-bond donors (Lipinski definition) is 0. The quantitative estimate of drug-likeness (QED) is 0.514. The molecule has 1 aromatic rings. The highest BCUT2D eigenvalue weighted by Gasteiger charge is 2.59. The first-order chi connectivity index (χ1) is 13.1. The lowest BCUT2D eigenvalue weighted by molar-refractivity contribution is -0.0719. The largest absolute Gasteiger partial charge is 0.497 e. The summed E-state index contributed by atoms with van der Waals surface area (Å²) in [6, 6.07) is 9.00. The number of fused-ring (bicyclic) bond motifs is 5. The van der Waals surface area contributed by atoms with Crippen LogP contribution in [0.15, 0.2) is 36.4 Å². The van der Waals surface area contributed by atoms with Crippen LogP contribution in [0.3, 0.4) is 0 Å². The molecule has 1 nitrogen and oxygen atoms in total. The molecule has 27 heavy (non-hydrogen) atoms. The highest BCUT2D eigenvalue weighted by atomic mass is 16.5. The Morgan fingerprint density at radius 3 is 2.48 bits per heavy atom. The summed E-state index contributed by atoms with van der Waals surface area (Å²) in [7, 11) is 1.76. The van der Waals surface area contributed by atoms with Crippen LogP contribution in [0.5, 0.6) is 5.75 Å². The highest BCUT2D eigenvalue weighted by molar-refractivity contribution is 5.32. The minimum atomic E-state index is 0.487. The zero-order valence-electron chi connectivity index (χ0n) is 17.4. The van der Waals surface area contributed by atoms with Gasteiger partial charge in [-0.1, -0.05) is 38.1 Å². The molecule has 0 aromatic heterocycles. The first-order valence-electron chi connectivity index (χ1n) is 11.4. The van der Waals surface area contributed by atoms with Crippen LogP contribution in [0.2, 0.25) is 0 Å². The maximum absolute atomic E-state index is 5.39. The highest BCUT2D eigenvalue weighted by Crippen LogP contribution is 2.68. The standard InChI is InChI=1S/C26H36O/c1-25-16-5-4-6-19(25)9-12-21-23-14-13-22(26(23,2)17-15-24(21)25)18-7-10-20(27-3)11-8-18/h5,7-8,10-11,16,19,21-24H,4,6,9,12-15,17H2,1-3H3/t19-,21+,22-,23+,24+,25+,26-/m1/s1. The van der Waals surface area contributed by atoms with E-state index in [4.69, 9.17) is 4.74 Å². The molecule has 3 saturated carbocycles. The Kier molecular flexibility index (Phi) is 4.22. The van der Waals surface area contributed by atoms with Crippen molar-refractivity contribution in [3.05, 3.63) is 42.0 Å². The molecule has 5 rings (SSSR count). The van der Waals surface area contributed by atoms with Gasteiger partial charge in [0.25, 0.3) is 0 Å². The van der Waals surface area contributed by atoms with Gasteiger partial charge in [0.1, 0.15) is 5.75 Å². The van der Waals surface area contributed by atoms with Gasteiger partial charge >= 0.3 is 0 Å². The van der Waals surface area contributed by atoms with Crippen molar-refractivity contribution in [2.24, 2.45) is 34.5 Å². The van der Waals surface area contributed by atoms with E-state index in [0.29, 0.717) is 10.8 Å². The van der Waals surface area contributed by atoms with Crippen LogP contribution in [-0.2, 0) is 0 Å². The van der Waals surface area contributed by atoms with Crippen molar-refractivity contribution in [3.8, 4) is 5.75 Å². The number of allylic oxidation sites excluding steroid dienone is 2. The van der Waals surface area contributed by atoms with E-state index in [2.05, 4.69) is 50.3 Å². The minimum absolute atomic E-state index is 0.487. The molecule has 0 heterocycles. The molecule has 1 aromatic carbocycles. The van der Waals surface area contributed by atoms with E-state index < -0.39 is 0 Å². The molecular weight excluding hydrogens is 328 g/mol. The molecule has 4 aliphatic carbocycles. The Morgan fingerprint density at radius 1 is 0.889 bits per heavy atom. The minimum Gasteiger partial charge on any atom is -0.497 e. The average molecular weight is 365 g/mol. The van der Waals surface area contributed by atoms with Crippen molar-refractivity contribution in [1.29, 1.82) is 0 Å². The molecule has 3 fully saturated rings. The Balaban J connectivity index is 1.44. The summed E-state index contributed by atoms with van der Waals surface area (Å²) >= 11 is 0. The van der Waals surface area contributed by atoms with E-state index in [-0.39, 0.29) is 0 Å². The molecule has 0 bridgehead atoms. The van der Waals surface area contributed by atoms with E-state index >= 15 is 0 Å². The molecule has 1 heteroatoms. The zero-order chi connectivity index (χ0) is 18.6. The fraction of sp³-hybridized carbons (Fsp3) is 0.692. The van der Waals surface area contributed by atoms with E-state index in [1.807, 2.05) is 0 Å². The molecule has 0 radical (unpaired) electrons. The van der Waals surface area contributed by atoms with Crippen LogP contribution in [0.4, 0.5) is 0 Å². The van der Waals surface area contributed by atoms with Crippen LogP contribution < -0.4 is 4.74 Å². The third kappa shape index (κ3) is 2.56. The van der Waals surface area contributed by atoms with Gasteiger partial charge in [-0.2, -0.15) is 0 Å². The maximum Gasteiger partial charge on any atom is 0.118 e. The second-order valence-corrected chi connectivity index (χ2v) is 10.4. The first kappa shape index (κ1) is 17.8. The van der Waals surface area contributed by atoms with Crippen LogP contribution in [0, 0.1) is 34.5 Å². The summed E-state index contributed by atoms with van der Waals surface area (Å²) in [4.78, 5) is 0. The zero-order valence-corrected chi connectivity index (χ0v) is 17.4. The molecule has 0 N–H and O–H groups in total. The van der Waals surface area contributed by atoms with Crippen molar-refractivity contribution in [2.75, 3.05) is 7.11 Å². The van der Waals surface area contributed by atoms with E-state index in [9.17, 15) is 0 Å².